The third kappa shape index (κ3) is 2.54. The van der Waals surface area contributed by atoms with Gasteiger partial charge in [0, 0.05) is 24.4 Å². The molecule has 0 atom stereocenters. The summed E-state index contributed by atoms with van der Waals surface area (Å²) < 4.78 is 11.2. The second-order valence-electron chi connectivity index (χ2n) is 4.27. The zero-order valence-corrected chi connectivity index (χ0v) is 10.4. The quantitative estimate of drug-likeness (QED) is 0.865. The van der Waals surface area contributed by atoms with Gasteiger partial charge in [0.1, 0.15) is 5.82 Å². The molecule has 5 nitrogen and oxygen atoms in total. The number of nitrogens with one attached hydrogen (secondary N) is 1. The second-order valence-corrected chi connectivity index (χ2v) is 4.27. The summed E-state index contributed by atoms with van der Waals surface area (Å²) in [6.07, 6.45) is 2.56. The number of nitrogens with two attached hydrogens (primary N) is 1. The lowest BCUT2D eigenvalue weighted by molar-refractivity contribution is 0.297. The Balaban J connectivity index is 1.86. The molecule has 1 aliphatic heterocycles. The van der Waals surface area contributed by atoms with Gasteiger partial charge in [0.15, 0.2) is 11.5 Å². The van der Waals surface area contributed by atoms with Gasteiger partial charge < -0.3 is 20.5 Å². The van der Waals surface area contributed by atoms with E-state index >= 15 is 0 Å². The van der Waals surface area contributed by atoms with E-state index in [1.807, 2.05) is 30.3 Å². The van der Waals surface area contributed by atoms with Crippen molar-refractivity contribution in [3.63, 3.8) is 0 Å². The van der Waals surface area contributed by atoms with E-state index < -0.39 is 0 Å². The van der Waals surface area contributed by atoms with Gasteiger partial charge in [0.25, 0.3) is 0 Å². The maximum Gasteiger partial charge on any atom is 0.163 e. The summed E-state index contributed by atoms with van der Waals surface area (Å²) in [6.45, 7) is 1.36. The minimum atomic E-state index is 0.467. The highest BCUT2D eigenvalue weighted by Crippen LogP contribution is 2.33. The van der Waals surface area contributed by atoms with E-state index in [9.17, 15) is 0 Å². The van der Waals surface area contributed by atoms with Crippen LogP contribution in [0, 0.1) is 0 Å². The maximum atomic E-state index is 5.80. The first kappa shape index (κ1) is 11.6. The number of anilines is 3. The molecule has 0 saturated carbocycles. The lowest BCUT2D eigenvalue weighted by atomic mass is 10.2. The van der Waals surface area contributed by atoms with Crippen molar-refractivity contribution in [2.75, 3.05) is 24.3 Å². The molecule has 0 aliphatic carbocycles. The van der Waals surface area contributed by atoms with Gasteiger partial charge in [-0.3, -0.25) is 0 Å². The monoisotopic (exact) mass is 257 g/mol. The second kappa shape index (κ2) is 5.06. The number of hydrogen-bond donors (Lipinski definition) is 2. The van der Waals surface area contributed by atoms with E-state index in [2.05, 4.69) is 10.3 Å². The Morgan fingerprint density at radius 1 is 1.11 bits per heavy atom. The Bertz CT molecular complexity index is 587. The Labute approximate surface area is 111 Å². The average Bonchev–Trinajstić information content (AvgIpc) is 2.66. The summed E-state index contributed by atoms with van der Waals surface area (Å²) in [7, 11) is 0. The van der Waals surface area contributed by atoms with Crippen molar-refractivity contribution in [1.29, 1.82) is 0 Å². The lowest BCUT2D eigenvalue weighted by Crippen LogP contribution is -1.99. The Morgan fingerprint density at radius 2 is 1.95 bits per heavy atom. The Morgan fingerprint density at radius 3 is 2.79 bits per heavy atom. The zero-order chi connectivity index (χ0) is 13.1. The smallest absolute Gasteiger partial charge is 0.163 e. The van der Waals surface area contributed by atoms with Crippen LogP contribution in [0.4, 0.5) is 17.2 Å². The first-order valence-corrected chi connectivity index (χ1v) is 6.20. The molecular formula is C14H15N3O2. The van der Waals surface area contributed by atoms with E-state index in [1.165, 1.54) is 0 Å². The largest absolute Gasteiger partial charge is 0.490 e. The number of benzene rings is 1. The van der Waals surface area contributed by atoms with Crippen molar-refractivity contribution < 1.29 is 9.47 Å². The summed E-state index contributed by atoms with van der Waals surface area (Å²) in [4.78, 5) is 4.04. The predicted molar refractivity (Wildman–Crippen MR) is 74.0 cm³/mol. The molecule has 2 heterocycles. The zero-order valence-electron chi connectivity index (χ0n) is 10.4. The van der Waals surface area contributed by atoms with E-state index in [1.54, 1.807) is 6.20 Å². The third-order valence-corrected chi connectivity index (χ3v) is 2.87. The highest BCUT2D eigenvalue weighted by Gasteiger charge is 2.11. The van der Waals surface area contributed by atoms with E-state index in [4.69, 9.17) is 15.2 Å². The minimum Gasteiger partial charge on any atom is -0.490 e. The molecule has 0 spiro atoms. The molecule has 3 rings (SSSR count). The van der Waals surface area contributed by atoms with Crippen molar-refractivity contribution in [2.24, 2.45) is 0 Å². The summed E-state index contributed by atoms with van der Waals surface area (Å²) in [5, 5.41) is 3.22. The third-order valence-electron chi connectivity index (χ3n) is 2.87. The van der Waals surface area contributed by atoms with E-state index in [0.717, 1.165) is 29.3 Å². The first-order valence-electron chi connectivity index (χ1n) is 6.20. The molecule has 0 fully saturated rings. The van der Waals surface area contributed by atoms with Crippen molar-refractivity contribution in [2.45, 2.75) is 6.42 Å². The average molecular weight is 257 g/mol. The van der Waals surface area contributed by atoms with Gasteiger partial charge in [-0.1, -0.05) is 0 Å². The molecule has 0 radical (unpaired) electrons. The first-order chi connectivity index (χ1) is 9.33. The molecule has 1 aromatic heterocycles. The van der Waals surface area contributed by atoms with Gasteiger partial charge in [0.2, 0.25) is 0 Å². The van der Waals surface area contributed by atoms with Crippen LogP contribution < -0.4 is 20.5 Å². The highest BCUT2D eigenvalue weighted by atomic mass is 16.5. The van der Waals surface area contributed by atoms with Crippen LogP contribution in [0.15, 0.2) is 36.5 Å². The Kier molecular flexibility index (Phi) is 3.10. The van der Waals surface area contributed by atoms with Crippen molar-refractivity contribution in [3.05, 3.63) is 36.5 Å². The van der Waals surface area contributed by atoms with Gasteiger partial charge >= 0.3 is 0 Å². The van der Waals surface area contributed by atoms with Crippen LogP contribution in [0.3, 0.4) is 0 Å². The summed E-state index contributed by atoms with van der Waals surface area (Å²) in [5.41, 5.74) is 7.47. The number of rotatable bonds is 2. The molecule has 2 aromatic rings. The van der Waals surface area contributed by atoms with Crippen LogP contribution in [0.5, 0.6) is 11.5 Å². The number of ether oxygens (including phenoxy) is 2. The molecule has 5 heteroatoms. The normalized spacial score (nSPS) is 13.7. The molecule has 98 valence electrons. The summed E-state index contributed by atoms with van der Waals surface area (Å²) in [6, 6.07) is 9.45. The van der Waals surface area contributed by atoms with Crippen molar-refractivity contribution in [3.8, 4) is 11.5 Å². The van der Waals surface area contributed by atoms with Gasteiger partial charge in [-0.25, -0.2) is 4.98 Å². The van der Waals surface area contributed by atoms with Crippen molar-refractivity contribution >= 4 is 17.2 Å². The number of hydrogen-bond acceptors (Lipinski definition) is 5. The molecule has 1 aliphatic rings. The van der Waals surface area contributed by atoms with Gasteiger partial charge in [0.05, 0.1) is 18.9 Å². The van der Waals surface area contributed by atoms with E-state index in [0.29, 0.717) is 19.0 Å². The molecular weight excluding hydrogens is 242 g/mol. The number of pyridine rings is 1. The van der Waals surface area contributed by atoms with E-state index in [-0.39, 0.29) is 0 Å². The molecule has 3 N–H and O–H groups in total. The molecule has 1 aromatic carbocycles. The van der Waals surface area contributed by atoms with Crippen LogP contribution in [0.25, 0.3) is 0 Å². The lowest BCUT2D eigenvalue weighted by Gasteiger charge is -2.11. The maximum absolute atomic E-state index is 5.80. The molecule has 0 bridgehead atoms. The van der Waals surface area contributed by atoms with Crippen LogP contribution in [-0.4, -0.2) is 18.2 Å². The fourth-order valence-electron chi connectivity index (χ4n) is 1.92. The fourth-order valence-corrected chi connectivity index (χ4v) is 1.92. The Hall–Kier alpha value is -2.43. The van der Waals surface area contributed by atoms with Crippen LogP contribution in [0.2, 0.25) is 0 Å². The van der Waals surface area contributed by atoms with Crippen molar-refractivity contribution in [1.82, 2.24) is 4.98 Å². The molecule has 0 amide bonds. The minimum absolute atomic E-state index is 0.467. The predicted octanol–water partition coefficient (Wildman–Crippen LogP) is 2.57. The highest BCUT2D eigenvalue weighted by molar-refractivity contribution is 5.70. The fraction of sp³-hybridized carbons (Fsp3) is 0.214. The molecule has 0 saturated heterocycles. The number of nitrogen functional groups attached to an aromatic ring is 1. The van der Waals surface area contributed by atoms with Crippen LogP contribution in [-0.2, 0) is 0 Å². The van der Waals surface area contributed by atoms with Crippen LogP contribution >= 0.6 is 0 Å². The van der Waals surface area contributed by atoms with Gasteiger partial charge in [-0.05, 0) is 24.3 Å². The summed E-state index contributed by atoms with van der Waals surface area (Å²) >= 11 is 0. The molecule has 19 heavy (non-hydrogen) atoms. The van der Waals surface area contributed by atoms with Gasteiger partial charge in [-0.15, -0.1) is 0 Å². The van der Waals surface area contributed by atoms with Crippen LogP contribution in [0.1, 0.15) is 6.42 Å². The summed E-state index contributed by atoms with van der Waals surface area (Å²) in [5.74, 6) is 2.00. The number of aromatic nitrogens is 1. The van der Waals surface area contributed by atoms with Gasteiger partial charge in [-0.2, -0.15) is 0 Å². The molecule has 0 unspecified atom stereocenters. The number of fused-ring (bicyclic) bond motifs is 1. The topological polar surface area (TPSA) is 69.4 Å². The SMILES string of the molecule is Nc1ncccc1Nc1ccc2c(c1)OCCCO2. The standard InChI is InChI=1S/C14H15N3O2/c15-14-11(3-1-6-16-14)17-10-4-5-12-13(9-10)19-8-2-7-18-12/h1,3-6,9,17H,2,7-8H2,(H2,15,16). The number of nitrogens with zero attached hydrogens (tertiary/aromatic N) is 1.